The zero-order chi connectivity index (χ0) is 15.6. The van der Waals surface area contributed by atoms with Gasteiger partial charge in [0.1, 0.15) is 4.90 Å². The van der Waals surface area contributed by atoms with E-state index in [0.717, 1.165) is 4.88 Å². The first-order valence-electron chi connectivity index (χ1n) is 6.04. The van der Waals surface area contributed by atoms with Crippen molar-refractivity contribution in [3.05, 3.63) is 50.4 Å². The number of sulfonamides is 1. The van der Waals surface area contributed by atoms with Crippen molar-refractivity contribution in [3.8, 4) is 0 Å². The molecule has 1 aromatic carbocycles. The zero-order valence-electron chi connectivity index (χ0n) is 11.0. The van der Waals surface area contributed by atoms with Crippen LogP contribution >= 0.6 is 34.5 Å². The summed E-state index contributed by atoms with van der Waals surface area (Å²) in [6.45, 7) is 2.04. The van der Waals surface area contributed by atoms with E-state index in [4.69, 9.17) is 23.2 Å². The Kier molecular flexibility index (Phi) is 5.27. The van der Waals surface area contributed by atoms with Crippen LogP contribution in [0, 0.1) is 5.82 Å². The van der Waals surface area contributed by atoms with E-state index in [1.54, 1.807) is 19.1 Å². The third-order valence-corrected chi connectivity index (χ3v) is 6.29. The maximum atomic E-state index is 14.0. The molecule has 1 aromatic heterocycles. The Morgan fingerprint density at radius 3 is 2.52 bits per heavy atom. The number of hydrogen-bond acceptors (Lipinski definition) is 3. The minimum atomic E-state index is -3.96. The first kappa shape index (κ1) is 16.7. The van der Waals surface area contributed by atoms with Crippen LogP contribution < -0.4 is 0 Å². The molecule has 0 aliphatic heterocycles. The van der Waals surface area contributed by atoms with Gasteiger partial charge in [-0.2, -0.15) is 4.31 Å². The topological polar surface area (TPSA) is 37.4 Å². The Hall–Kier alpha value is -0.660. The lowest BCUT2D eigenvalue weighted by Gasteiger charge is -2.20. The maximum absolute atomic E-state index is 14.0. The summed E-state index contributed by atoms with van der Waals surface area (Å²) in [6, 6.07) is 7.38. The van der Waals surface area contributed by atoms with E-state index in [2.05, 4.69) is 0 Å². The van der Waals surface area contributed by atoms with Crippen molar-refractivity contribution in [3.63, 3.8) is 0 Å². The lowest BCUT2D eigenvalue weighted by molar-refractivity contribution is 0.422. The van der Waals surface area contributed by atoms with Crippen molar-refractivity contribution in [2.45, 2.75) is 18.4 Å². The van der Waals surface area contributed by atoms with Crippen molar-refractivity contribution in [1.29, 1.82) is 0 Å². The summed E-state index contributed by atoms with van der Waals surface area (Å²) in [7, 11) is -3.96. The number of hydrogen-bond donors (Lipinski definition) is 0. The van der Waals surface area contributed by atoms with Crippen molar-refractivity contribution < 1.29 is 12.8 Å². The summed E-state index contributed by atoms with van der Waals surface area (Å²) < 4.78 is 40.8. The average Bonchev–Trinajstić information content (AvgIpc) is 2.84. The van der Waals surface area contributed by atoms with Crippen LogP contribution in [0.25, 0.3) is 0 Å². The van der Waals surface area contributed by atoms with Gasteiger partial charge in [-0.1, -0.05) is 36.2 Å². The Morgan fingerprint density at radius 1 is 1.24 bits per heavy atom. The lowest BCUT2D eigenvalue weighted by Crippen LogP contribution is -2.30. The summed E-state index contributed by atoms with van der Waals surface area (Å²) in [5.74, 6) is -0.929. The summed E-state index contributed by atoms with van der Waals surface area (Å²) in [4.78, 5) is 0.368. The summed E-state index contributed by atoms with van der Waals surface area (Å²) in [5.41, 5.74) is 0. The molecular weight excluding hydrogens is 356 g/mol. The molecule has 0 fully saturated rings. The monoisotopic (exact) mass is 367 g/mol. The van der Waals surface area contributed by atoms with Crippen LogP contribution in [0.2, 0.25) is 9.36 Å². The van der Waals surface area contributed by atoms with Crippen LogP contribution in [0.1, 0.15) is 11.8 Å². The molecule has 21 heavy (non-hydrogen) atoms. The fourth-order valence-electron chi connectivity index (χ4n) is 1.80. The Labute approximate surface area is 137 Å². The fraction of sp³-hybridized carbons (Fsp3) is 0.231. The predicted octanol–water partition coefficient (Wildman–Crippen LogP) is 4.40. The molecule has 0 aliphatic carbocycles. The predicted molar refractivity (Wildman–Crippen MR) is 84.0 cm³/mol. The smallest absolute Gasteiger partial charge is 0.207 e. The van der Waals surface area contributed by atoms with E-state index < -0.39 is 20.7 Å². The van der Waals surface area contributed by atoms with Crippen molar-refractivity contribution in [2.75, 3.05) is 6.54 Å². The first-order valence-corrected chi connectivity index (χ1v) is 9.06. The van der Waals surface area contributed by atoms with Crippen LogP contribution in [-0.2, 0) is 16.6 Å². The molecule has 0 radical (unpaired) electrons. The van der Waals surface area contributed by atoms with Gasteiger partial charge in [0.05, 0.1) is 9.36 Å². The molecule has 2 aromatic rings. The molecule has 0 N–H and O–H groups in total. The molecule has 0 aliphatic rings. The third-order valence-electron chi connectivity index (χ3n) is 2.85. The molecule has 114 valence electrons. The molecule has 0 saturated heterocycles. The second kappa shape index (κ2) is 6.62. The number of thiophene rings is 1. The van der Waals surface area contributed by atoms with Crippen LogP contribution in [0.5, 0.6) is 0 Å². The van der Waals surface area contributed by atoms with Gasteiger partial charge < -0.3 is 0 Å². The number of benzene rings is 1. The minimum Gasteiger partial charge on any atom is -0.207 e. The molecule has 0 saturated carbocycles. The summed E-state index contributed by atoms with van der Waals surface area (Å²) in [5, 5.41) is -0.216. The second-order valence-corrected chi connectivity index (χ2v) is 8.30. The van der Waals surface area contributed by atoms with Gasteiger partial charge in [0, 0.05) is 18.0 Å². The molecule has 0 spiro atoms. The first-order chi connectivity index (χ1) is 9.86. The molecule has 3 nitrogen and oxygen atoms in total. The highest BCUT2D eigenvalue weighted by molar-refractivity contribution is 7.89. The molecule has 0 atom stereocenters. The van der Waals surface area contributed by atoms with Gasteiger partial charge in [0.15, 0.2) is 5.82 Å². The quantitative estimate of drug-likeness (QED) is 0.784. The molecule has 1 heterocycles. The van der Waals surface area contributed by atoms with Crippen LogP contribution in [0.15, 0.2) is 35.2 Å². The van der Waals surface area contributed by atoms with E-state index in [9.17, 15) is 12.8 Å². The van der Waals surface area contributed by atoms with Gasteiger partial charge in [-0.05, 0) is 24.3 Å². The maximum Gasteiger partial charge on any atom is 0.246 e. The second-order valence-electron chi connectivity index (χ2n) is 4.19. The summed E-state index contributed by atoms with van der Waals surface area (Å²) in [6.07, 6.45) is 0. The normalized spacial score (nSPS) is 12.0. The average molecular weight is 368 g/mol. The lowest BCUT2D eigenvalue weighted by atomic mass is 10.3. The highest BCUT2D eigenvalue weighted by Crippen LogP contribution is 2.28. The van der Waals surface area contributed by atoms with E-state index in [1.165, 1.54) is 33.8 Å². The zero-order valence-corrected chi connectivity index (χ0v) is 14.2. The van der Waals surface area contributed by atoms with Gasteiger partial charge in [-0.3, -0.25) is 0 Å². The van der Waals surface area contributed by atoms with Gasteiger partial charge in [0.25, 0.3) is 0 Å². The standard InChI is InChI=1S/C13H12Cl2FNO2S2/c1-2-17(8-9-6-7-12(15)20-9)21(18,19)11-5-3-4-10(14)13(11)16/h3-7H,2,8H2,1H3. The molecule has 8 heteroatoms. The molecule has 0 bridgehead atoms. The number of nitrogens with zero attached hydrogens (tertiary/aromatic N) is 1. The Balaban J connectivity index is 2.38. The van der Waals surface area contributed by atoms with E-state index >= 15 is 0 Å². The van der Waals surface area contributed by atoms with Gasteiger partial charge >= 0.3 is 0 Å². The molecule has 0 unspecified atom stereocenters. The van der Waals surface area contributed by atoms with Crippen molar-refractivity contribution >= 4 is 44.6 Å². The van der Waals surface area contributed by atoms with E-state index in [1.807, 2.05) is 0 Å². The SMILES string of the molecule is CCN(Cc1ccc(Cl)s1)S(=O)(=O)c1cccc(Cl)c1F. The van der Waals surface area contributed by atoms with Gasteiger partial charge in [-0.25, -0.2) is 12.8 Å². The minimum absolute atomic E-state index is 0.141. The largest absolute Gasteiger partial charge is 0.246 e. The Bertz CT molecular complexity index is 746. The van der Waals surface area contributed by atoms with Crippen molar-refractivity contribution in [2.24, 2.45) is 0 Å². The number of rotatable bonds is 5. The molecule has 0 amide bonds. The highest BCUT2D eigenvalue weighted by Gasteiger charge is 2.27. The highest BCUT2D eigenvalue weighted by atomic mass is 35.5. The van der Waals surface area contributed by atoms with E-state index in [-0.39, 0.29) is 18.1 Å². The fourth-order valence-corrected chi connectivity index (χ4v) is 4.73. The molecule has 2 rings (SSSR count). The van der Waals surface area contributed by atoms with Crippen LogP contribution in [-0.4, -0.2) is 19.3 Å². The Morgan fingerprint density at radius 2 is 1.95 bits per heavy atom. The van der Waals surface area contributed by atoms with Crippen LogP contribution in [0.3, 0.4) is 0 Å². The van der Waals surface area contributed by atoms with Gasteiger partial charge in [-0.15, -0.1) is 11.3 Å². The van der Waals surface area contributed by atoms with Crippen molar-refractivity contribution in [1.82, 2.24) is 4.31 Å². The van der Waals surface area contributed by atoms with Crippen LogP contribution in [0.4, 0.5) is 4.39 Å². The van der Waals surface area contributed by atoms with E-state index in [0.29, 0.717) is 4.34 Å². The third kappa shape index (κ3) is 3.57. The van der Waals surface area contributed by atoms with Gasteiger partial charge in [0.2, 0.25) is 10.0 Å². The number of halogens is 3. The summed E-state index contributed by atoms with van der Waals surface area (Å²) >= 11 is 12.8. The molecular formula is C13H12Cl2FNO2S2.